The van der Waals surface area contributed by atoms with Gasteiger partial charge in [-0.05, 0) is 62.8 Å². The van der Waals surface area contributed by atoms with Gasteiger partial charge in [0.25, 0.3) is 0 Å². The number of likely N-dealkylation sites (N-methyl/N-ethyl adjacent to an activating group) is 1. The van der Waals surface area contributed by atoms with Crippen molar-refractivity contribution in [3.63, 3.8) is 0 Å². The molecule has 6 heteroatoms. The Labute approximate surface area is 188 Å². The third kappa shape index (κ3) is 3.26. The van der Waals surface area contributed by atoms with Crippen LogP contribution in [0.3, 0.4) is 0 Å². The zero-order valence-corrected chi connectivity index (χ0v) is 18.8. The average Bonchev–Trinajstić information content (AvgIpc) is 3.41. The topological polar surface area (TPSA) is 73.6 Å². The second kappa shape index (κ2) is 7.85. The normalized spacial score (nSPS) is 16.3. The fourth-order valence-electron chi connectivity index (χ4n) is 4.90. The molecule has 4 aromatic rings. The molecular formula is C26H28N6. The molecule has 1 aliphatic rings. The summed E-state index contributed by atoms with van der Waals surface area (Å²) in [5, 5.41) is 10.1. The Morgan fingerprint density at radius 3 is 2.59 bits per heavy atom. The van der Waals surface area contributed by atoms with Crippen LogP contribution in [0.25, 0.3) is 16.7 Å². The number of imidazole rings is 1. The lowest BCUT2D eigenvalue weighted by Gasteiger charge is -2.27. The van der Waals surface area contributed by atoms with Crippen molar-refractivity contribution in [2.24, 2.45) is 0 Å². The number of pyridine rings is 1. The third-order valence-electron chi connectivity index (χ3n) is 6.76. The van der Waals surface area contributed by atoms with Gasteiger partial charge in [-0.15, -0.1) is 0 Å². The molecule has 32 heavy (non-hydrogen) atoms. The van der Waals surface area contributed by atoms with Gasteiger partial charge in [-0.25, -0.2) is 4.98 Å². The average molecular weight is 425 g/mol. The maximum atomic E-state index is 10.1. The Morgan fingerprint density at radius 1 is 1.16 bits per heavy atom. The van der Waals surface area contributed by atoms with Crippen molar-refractivity contribution >= 4 is 28.2 Å². The van der Waals surface area contributed by atoms with E-state index in [1.54, 1.807) is 0 Å². The Bertz CT molecular complexity index is 1340. The predicted octanol–water partition coefficient (Wildman–Crippen LogP) is 3.98. The lowest BCUT2D eigenvalue weighted by Crippen LogP contribution is -2.32. The SMILES string of the molecule is Cc1c(Cc2ccc(N)cc2)c(N2CC[C@H](N(C)C)C2)n2c(nc3ccccc32)c1C#N. The lowest BCUT2D eigenvalue weighted by atomic mass is 9.97. The van der Waals surface area contributed by atoms with Gasteiger partial charge in [0.05, 0.1) is 16.6 Å². The summed E-state index contributed by atoms with van der Waals surface area (Å²) in [6.07, 6.45) is 1.85. The molecule has 1 saturated heterocycles. The van der Waals surface area contributed by atoms with Crippen LogP contribution in [0.1, 0.15) is 28.7 Å². The zero-order chi connectivity index (χ0) is 22.4. The third-order valence-corrected chi connectivity index (χ3v) is 6.76. The molecule has 0 saturated carbocycles. The molecule has 0 spiro atoms. The number of aromatic nitrogens is 2. The molecule has 1 fully saturated rings. The molecule has 1 aliphatic heterocycles. The van der Waals surface area contributed by atoms with Crippen LogP contribution in [-0.2, 0) is 6.42 Å². The van der Waals surface area contributed by atoms with E-state index in [0.717, 1.165) is 59.7 Å². The van der Waals surface area contributed by atoms with Gasteiger partial charge < -0.3 is 15.5 Å². The van der Waals surface area contributed by atoms with Crippen LogP contribution in [-0.4, -0.2) is 47.5 Å². The summed E-state index contributed by atoms with van der Waals surface area (Å²) in [6.45, 7) is 3.99. The number of nitrogens with zero attached hydrogens (tertiary/aromatic N) is 5. The van der Waals surface area contributed by atoms with Gasteiger partial charge in [-0.2, -0.15) is 5.26 Å². The van der Waals surface area contributed by atoms with Gasteiger partial charge in [-0.3, -0.25) is 4.40 Å². The van der Waals surface area contributed by atoms with Gasteiger partial charge in [0.15, 0.2) is 5.65 Å². The van der Waals surface area contributed by atoms with Crippen molar-refractivity contribution in [2.45, 2.75) is 25.8 Å². The number of nitriles is 1. The van der Waals surface area contributed by atoms with E-state index in [2.05, 4.69) is 59.5 Å². The van der Waals surface area contributed by atoms with Crippen LogP contribution in [0.15, 0.2) is 48.5 Å². The number of nitrogen functional groups attached to an aromatic ring is 1. The van der Waals surface area contributed by atoms with Crippen LogP contribution in [0.4, 0.5) is 11.5 Å². The first-order valence-electron chi connectivity index (χ1n) is 11.1. The lowest BCUT2D eigenvalue weighted by molar-refractivity contribution is 0.315. The highest BCUT2D eigenvalue weighted by Crippen LogP contribution is 2.36. The van der Waals surface area contributed by atoms with Crippen LogP contribution < -0.4 is 10.6 Å². The van der Waals surface area contributed by atoms with E-state index in [1.807, 2.05) is 30.3 Å². The highest BCUT2D eigenvalue weighted by atomic mass is 15.3. The Morgan fingerprint density at radius 2 is 1.91 bits per heavy atom. The van der Waals surface area contributed by atoms with Gasteiger partial charge in [0, 0.05) is 36.8 Å². The molecule has 0 aliphatic carbocycles. The van der Waals surface area contributed by atoms with Crippen molar-refractivity contribution in [3.8, 4) is 6.07 Å². The molecule has 162 valence electrons. The summed E-state index contributed by atoms with van der Waals surface area (Å²) in [6, 6.07) is 19.2. The first-order valence-corrected chi connectivity index (χ1v) is 11.1. The van der Waals surface area contributed by atoms with E-state index in [0.29, 0.717) is 11.6 Å². The highest BCUT2D eigenvalue weighted by Gasteiger charge is 2.30. The molecule has 0 radical (unpaired) electrons. The number of benzene rings is 2. The quantitative estimate of drug-likeness (QED) is 0.502. The molecule has 0 amide bonds. The van der Waals surface area contributed by atoms with Crippen molar-refractivity contribution in [3.05, 3.63) is 70.8 Å². The molecule has 1 atom stereocenters. The molecule has 2 aromatic heterocycles. The number of rotatable bonds is 4. The molecule has 2 N–H and O–H groups in total. The minimum Gasteiger partial charge on any atom is -0.399 e. The molecule has 5 rings (SSSR count). The molecule has 0 bridgehead atoms. The first kappa shape index (κ1) is 20.3. The molecule has 3 heterocycles. The van der Waals surface area contributed by atoms with Crippen LogP contribution in [0.5, 0.6) is 0 Å². The van der Waals surface area contributed by atoms with E-state index in [4.69, 9.17) is 10.7 Å². The van der Waals surface area contributed by atoms with E-state index in [1.165, 1.54) is 11.1 Å². The van der Waals surface area contributed by atoms with Gasteiger partial charge >= 0.3 is 0 Å². The van der Waals surface area contributed by atoms with E-state index < -0.39 is 0 Å². The van der Waals surface area contributed by atoms with Crippen LogP contribution >= 0.6 is 0 Å². The maximum absolute atomic E-state index is 10.1. The standard InChI is InChI=1S/C26H28N6/c1-17-21(14-18-8-10-19(28)11-9-18)26(31-13-12-20(16-31)30(2)3)32-24-7-5-4-6-23(24)29-25(32)22(17)15-27/h4-11,20H,12-14,16,28H2,1-3H3/t20-/m0/s1. The van der Waals surface area contributed by atoms with E-state index in [-0.39, 0.29) is 0 Å². The summed E-state index contributed by atoms with van der Waals surface area (Å²) in [4.78, 5) is 9.66. The summed E-state index contributed by atoms with van der Waals surface area (Å²) >= 11 is 0. The van der Waals surface area contributed by atoms with Crippen molar-refractivity contribution in [1.29, 1.82) is 5.26 Å². The highest BCUT2D eigenvalue weighted by molar-refractivity contribution is 5.86. The fourth-order valence-corrected chi connectivity index (χ4v) is 4.90. The summed E-state index contributed by atoms with van der Waals surface area (Å²) in [5.74, 6) is 1.16. The second-order valence-corrected chi connectivity index (χ2v) is 8.94. The van der Waals surface area contributed by atoms with Crippen LogP contribution in [0.2, 0.25) is 0 Å². The monoisotopic (exact) mass is 424 g/mol. The Balaban J connectivity index is 1.80. The van der Waals surface area contributed by atoms with Gasteiger partial charge in [0.2, 0.25) is 0 Å². The Kier molecular flexibility index (Phi) is 4.99. The van der Waals surface area contributed by atoms with Crippen molar-refractivity contribution in [1.82, 2.24) is 14.3 Å². The van der Waals surface area contributed by atoms with Crippen LogP contribution in [0, 0.1) is 18.3 Å². The molecule has 0 unspecified atom stereocenters. The van der Waals surface area contributed by atoms with Gasteiger partial charge in [-0.1, -0.05) is 24.3 Å². The summed E-state index contributed by atoms with van der Waals surface area (Å²) in [7, 11) is 4.30. The number of nitrogens with two attached hydrogens (primary N) is 1. The minimum atomic E-state index is 0.500. The number of hydrogen-bond donors (Lipinski definition) is 1. The number of fused-ring (bicyclic) bond motifs is 3. The second-order valence-electron chi connectivity index (χ2n) is 8.94. The maximum Gasteiger partial charge on any atom is 0.157 e. The molecular weight excluding hydrogens is 396 g/mol. The number of para-hydroxylation sites is 2. The van der Waals surface area contributed by atoms with E-state index in [9.17, 15) is 5.26 Å². The number of hydrogen-bond acceptors (Lipinski definition) is 5. The zero-order valence-electron chi connectivity index (χ0n) is 18.8. The first-order chi connectivity index (χ1) is 15.5. The summed E-state index contributed by atoms with van der Waals surface area (Å²) in [5.41, 5.74) is 13.4. The smallest absolute Gasteiger partial charge is 0.157 e. The molecule has 2 aromatic carbocycles. The molecule has 6 nitrogen and oxygen atoms in total. The number of anilines is 2. The predicted molar refractivity (Wildman–Crippen MR) is 130 cm³/mol. The summed E-state index contributed by atoms with van der Waals surface area (Å²) < 4.78 is 2.21. The van der Waals surface area contributed by atoms with Crippen molar-refractivity contribution < 1.29 is 0 Å². The largest absolute Gasteiger partial charge is 0.399 e. The van der Waals surface area contributed by atoms with Crippen molar-refractivity contribution in [2.75, 3.05) is 37.8 Å². The van der Waals surface area contributed by atoms with E-state index >= 15 is 0 Å². The Hall–Kier alpha value is -3.56. The minimum absolute atomic E-state index is 0.500. The van der Waals surface area contributed by atoms with Gasteiger partial charge in [0.1, 0.15) is 11.9 Å². The fraction of sp³-hybridized carbons (Fsp3) is 0.308.